The Hall–Kier alpha value is -2.04. The van der Waals surface area contributed by atoms with Gasteiger partial charge in [0.2, 0.25) is 0 Å². The van der Waals surface area contributed by atoms with E-state index in [1.54, 1.807) is 7.11 Å². The van der Waals surface area contributed by atoms with E-state index in [1.165, 1.54) is 5.56 Å². The summed E-state index contributed by atoms with van der Waals surface area (Å²) in [6, 6.07) is 14.0. The largest absolute Gasteiger partial charge is 0.497 e. The van der Waals surface area contributed by atoms with Crippen molar-refractivity contribution in [1.82, 2.24) is 14.7 Å². The molecular weight excluding hydrogens is 298 g/mol. The van der Waals surface area contributed by atoms with E-state index < -0.39 is 0 Å². The van der Waals surface area contributed by atoms with E-state index in [9.17, 15) is 0 Å². The molecule has 0 aliphatic carbocycles. The van der Waals surface area contributed by atoms with Gasteiger partial charge < -0.3 is 14.5 Å². The lowest BCUT2D eigenvalue weighted by atomic mass is 10.2. The zero-order valence-electron chi connectivity index (χ0n) is 12.6. The molecule has 3 aromatic rings. The molecular formula is C17H18ClN3O. The van der Waals surface area contributed by atoms with E-state index in [0.29, 0.717) is 5.15 Å². The Morgan fingerprint density at radius 3 is 2.73 bits per heavy atom. The number of halogens is 1. The molecule has 2 heterocycles. The maximum atomic E-state index is 6.30. The number of aromatic nitrogens is 2. The van der Waals surface area contributed by atoms with Crippen LogP contribution in [0.5, 0.6) is 5.75 Å². The van der Waals surface area contributed by atoms with Gasteiger partial charge in [0.1, 0.15) is 11.4 Å². The van der Waals surface area contributed by atoms with E-state index in [1.807, 2.05) is 40.9 Å². The topological polar surface area (TPSA) is 38.6 Å². The van der Waals surface area contributed by atoms with Crippen molar-refractivity contribution in [3.8, 4) is 5.75 Å². The van der Waals surface area contributed by atoms with Gasteiger partial charge in [0.15, 0.2) is 5.15 Å². The van der Waals surface area contributed by atoms with Crippen molar-refractivity contribution in [2.45, 2.75) is 19.5 Å². The normalized spacial score (nSPS) is 12.5. The van der Waals surface area contributed by atoms with Crippen LogP contribution in [0.3, 0.4) is 0 Å². The molecule has 3 rings (SSSR count). The Kier molecular flexibility index (Phi) is 4.32. The molecule has 1 aromatic carbocycles. The number of ether oxygens (including phenoxy) is 1. The number of imidazole rings is 1. The average molecular weight is 316 g/mol. The van der Waals surface area contributed by atoms with Crippen LogP contribution in [0.4, 0.5) is 0 Å². The van der Waals surface area contributed by atoms with Gasteiger partial charge in [0.25, 0.3) is 0 Å². The molecule has 0 radical (unpaired) electrons. The minimum atomic E-state index is 0.0898. The highest BCUT2D eigenvalue weighted by Crippen LogP contribution is 2.24. The SMILES string of the molecule is COc1ccc(CN[C@H](C)c2c(Cl)nc3ccccn23)cc1. The maximum absolute atomic E-state index is 6.30. The first-order valence-corrected chi connectivity index (χ1v) is 7.55. The highest BCUT2D eigenvalue weighted by atomic mass is 35.5. The molecule has 2 aromatic heterocycles. The number of hydrogen-bond acceptors (Lipinski definition) is 3. The molecule has 0 saturated carbocycles. The van der Waals surface area contributed by atoms with Crippen LogP contribution >= 0.6 is 11.6 Å². The Labute approximate surface area is 134 Å². The summed E-state index contributed by atoms with van der Waals surface area (Å²) < 4.78 is 7.19. The molecule has 0 aliphatic rings. The van der Waals surface area contributed by atoms with Gasteiger partial charge in [-0.1, -0.05) is 29.8 Å². The van der Waals surface area contributed by atoms with Gasteiger partial charge in [-0.05, 0) is 36.8 Å². The monoisotopic (exact) mass is 315 g/mol. The van der Waals surface area contributed by atoms with Crippen LogP contribution in [0.15, 0.2) is 48.7 Å². The number of benzene rings is 1. The predicted molar refractivity (Wildman–Crippen MR) is 88.5 cm³/mol. The third-order valence-electron chi connectivity index (χ3n) is 3.70. The number of nitrogens with zero attached hydrogens (tertiary/aromatic N) is 2. The van der Waals surface area contributed by atoms with Gasteiger partial charge in [-0.25, -0.2) is 4.98 Å². The van der Waals surface area contributed by atoms with Crippen LogP contribution in [-0.4, -0.2) is 16.5 Å². The molecule has 0 fully saturated rings. The van der Waals surface area contributed by atoms with Crippen LogP contribution in [-0.2, 0) is 6.54 Å². The number of rotatable bonds is 5. The zero-order valence-corrected chi connectivity index (χ0v) is 13.3. The van der Waals surface area contributed by atoms with Crippen LogP contribution in [0.1, 0.15) is 24.2 Å². The minimum Gasteiger partial charge on any atom is -0.497 e. The molecule has 0 bridgehead atoms. The second kappa shape index (κ2) is 6.38. The molecule has 22 heavy (non-hydrogen) atoms. The van der Waals surface area contributed by atoms with E-state index in [0.717, 1.165) is 23.6 Å². The van der Waals surface area contributed by atoms with E-state index in [-0.39, 0.29) is 6.04 Å². The fourth-order valence-corrected chi connectivity index (χ4v) is 2.83. The van der Waals surface area contributed by atoms with E-state index >= 15 is 0 Å². The highest BCUT2D eigenvalue weighted by molar-refractivity contribution is 6.30. The minimum absolute atomic E-state index is 0.0898. The third-order valence-corrected chi connectivity index (χ3v) is 3.98. The van der Waals surface area contributed by atoms with Gasteiger partial charge >= 0.3 is 0 Å². The van der Waals surface area contributed by atoms with Crippen LogP contribution in [0.25, 0.3) is 5.65 Å². The highest BCUT2D eigenvalue weighted by Gasteiger charge is 2.16. The summed E-state index contributed by atoms with van der Waals surface area (Å²) in [6.07, 6.45) is 1.98. The first-order valence-electron chi connectivity index (χ1n) is 7.18. The molecule has 5 heteroatoms. The molecule has 0 saturated heterocycles. The Balaban J connectivity index is 1.75. The summed E-state index contributed by atoms with van der Waals surface area (Å²) in [6.45, 7) is 2.84. The second-order valence-corrected chi connectivity index (χ2v) is 5.53. The molecule has 1 atom stereocenters. The first kappa shape index (κ1) is 14.9. The summed E-state index contributed by atoms with van der Waals surface area (Å²) in [5.41, 5.74) is 3.03. The van der Waals surface area contributed by atoms with Gasteiger partial charge in [-0.15, -0.1) is 0 Å². The predicted octanol–water partition coefficient (Wildman–Crippen LogP) is 3.85. The van der Waals surface area contributed by atoms with Gasteiger partial charge in [-0.2, -0.15) is 0 Å². The summed E-state index contributed by atoms with van der Waals surface area (Å²) in [5.74, 6) is 0.863. The van der Waals surface area contributed by atoms with Crippen molar-refractivity contribution >= 4 is 17.2 Å². The van der Waals surface area contributed by atoms with Crippen molar-refractivity contribution in [2.75, 3.05) is 7.11 Å². The maximum Gasteiger partial charge on any atom is 0.152 e. The van der Waals surface area contributed by atoms with Gasteiger partial charge in [-0.3, -0.25) is 0 Å². The summed E-state index contributed by atoms with van der Waals surface area (Å²) in [4.78, 5) is 4.38. The molecule has 0 amide bonds. The zero-order chi connectivity index (χ0) is 15.5. The van der Waals surface area contributed by atoms with Crippen molar-refractivity contribution in [1.29, 1.82) is 0 Å². The van der Waals surface area contributed by atoms with E-state index in [2.05, 4.69) is 29.4 Å². The molecule has 114 valence electrons. The Morgan fingerprint density at radius 2 is 2.00 bits per heavy atom. The lowest BCUT2D eigenvalue weighted by Gasteiger charge is -2.14. The molecule has 4 nitrogen and oxygen atoms in total. The standard InChI is InChI=1S/C17H18ClN3O/c1-12(19-11-13-6-8-14(22-2)9-7-13)16-17(18)20-15-5-3-4-10-21(15)16/h3-10,12,19H,11H2,1-2H3/t12-/m1/s1. The van der Waals surface area contributed by atoms with E-state index in [4.69, 9.17) is 16.3 Å². The fraction of sp³-hybridized carbons (Fsp3) is 0.235. The lowest BCUT2D eigenvalue weighted by Crippen LogP contribution is -2.19. The number of fused-ring (bicyclic) bond motifs is 1. The second-order valence-electron chi connectivity index (χ2n) is 5.17. The summed E-state index contributed by atoms with van der Waals surface area (Å²) >= 11 is 6.30. The number of methoxy groups -OCH3 is 1. The number of hydrogen-bond donors (Lipinski definition) is 1. The average Bonchev–Trinajstić information content (AvgIpc) is 2.89. The smallest absolute Gasteiger partial charge is 0.152 e. The van der Waals surface area contributed by atoms with Gasteiger partial charge in [0, 0.05) is 18.8 Å². The Morgan fingerprint density at radius 1 is 1.23 bits per heavy atom. The van der Waals surface area contributed by atoms with Crippen molar-refractivity contribution < 1.29 is 4.74 Å². The summed E-state index contributed by atoms with van der Waals surface area (Å²) in [7, 11) is 1.67. The van der Waals surface area contributed by atoms with Crippen LogP contribution in [0.2, 0.25) is 5.15 Å². The molecule has 1 N–H and O–H groups in total. The lowest BCUT2D eigenvalue weighted by molar-refractivity contribution is 0.414. The number of pyridine rings is 1. The quantitative estimate of drug-likeness (QED) is 0.777. The van der Waals surface area contributed by atoms with Crippen LogP contribution in [0, 0.1) is 0 Å². The number of nitrogens with one attached hydrogen (secondary N) is 1. The first-order chi connectivity index (χ1) is 10.7. The molecule has 0 spiro atoms. The summed E-state index contributed by atoms with van der Waals surface area (Å²) in [5, 5.41) is 4.03. The van der Waals surface area contributed by atoms with Crippen molar-refractivity contribution in [3.05, 3.63) is 65.1 Å². The van der Waals surface area contributed by atoms with Crippen molar-refractivity contribution in [3.63, 3.8) is 0 Å². The van der Waals surface area contributed by atoms with Gasteiger partial charge in [0.05, 0.1) is 12.8 Å². The fourth-order valence-electron chi connectivity index (χ4n) is 2.48. The van der Waals surface area contributed by atoms with Crippen LogP contribution < -0.4 is 10.1 Å². The van der Waals surface area contributed by atoms with Crippen molar-refractivity contribution in [2.24, 2.45) is 0 Å². The third kappa shape index (κ3) is 2.93. The molecule has 0 unspecified atom stereocenters. The Bertz CT molecular complexity index is 767. The molecule has 0 aliphatic heterocycles.